The standard InChI is InChI=1S/C12H23N3O.C8H9NO2/c1-14-6-2-10(3-7-14)11-4-8-15(9-5-11)12(13)16;10-8(11)6-9-7-4-2-1-3-5-7/h10-11H,2-9H2,1H3,(H2,13,16);1-5,9H,6H2,(H,10,11). The van der Waals surface area contributed by atoms with Gasteiger partial charge in [-0.1, -0.05) is 18.2 Å². The van der Waals surface area contributed by atoms with Crippen molar-refractivity contribution in [2.75, 3.05) is 45.1 Å². The first-order chi connectivity index (χ1) is 13.0. The normalized spacial score (nSPS) is 19.1. The number of nitrogens with zero attached hydrogens (tertiary/aromatic N) is 2. The molecule has 2 fully saturated rings. The van der Waals surface area contributed by atoms with Gasteiger partial charge in [0.1, 0.15) is 6.54 Å². The molecule has 0 aliphatic carbocycles. The van der Waals surface area contributed by atoms with Crippen LogP contribution in [0.2, 0.25) is 0 Å². The van der Waals surface area contributed by atoms with Gasteiger partial charge in [0.05, 0.1) is 0 Å². The Balaban J connectivity index is 0.000000208. The van der Waals surface area contributed by atoms with Crippen molar-refractivity contribution in [1.82, 2.24) is 9.80 Å². The fourth-order valence-electron chi connectivity index (χ4n) is 3.82. The topological polar surface area (TPSA) is 98.9 Å². The van der Waals surface area contributed by atoms with Gasteiger partial charge in [-0.3, -0.25) is 4.79 Å². The summed E-state index contributed by atoms with van der Waals surface area (Å²) in [4.78, 5) is 25.3. The first-order valence-electron chi connectivity index (χ1n) is 9.69. The highest BCUT2D eigenvalue weighted by Gasteiger charge is 2.29. The first-order valence-corrected chi connectivity index (χ1v) is 9.69. The molecule has 1 aromatic rings. The Hall–Kier alpha value is -2.28. The Morgan fingerprint density at radius 2 is 1.56 bits per heavy atom. The molecule has 2 amide bonds. The fraction of sp³-hybridized carbons (Fsp3) is 0.600. The summed E-state index contributed by atoms with van der Waals surface area (Å²) in [7, 11) is 2.20. The predicted octanol–water partition coefficient (Wildman–Crippen LogP) is 2.30. The summed E-state index contributed by atoms with van der Waals surface area (Å²) in [6.07, 6.45) is 4.96. The minimum absolute atomic E-state index is 0.0377. The number of hydrogen-bond acceptors (Lipinski definition) is 4. The molecule has 0 radical (unpaired) electrons. The molecule has 3 rings (SSSR count). The lowest BCUT2D eigenvalue weighted by Crippen LogP contribution is -2.44. The van der Waals surface area contributed by atoms with Crippen LogP contribution in [-0.2, 0) is 4.79 Å². The lowest BCUT2D eigenvalue weighted by molar-refractivity contribution is -0.134. The van der Waals surface area contributed by atoms with Crippen LogP contribution in [0.15, 0.2) is 30.3 Å². The van der Waals surface area contributed by atoms with Gasteiger partial charge in [0.15, 0.2) is 0 Å². The number of carboxylic acids is 1. The van der Waals surface area contributed by atoms with E-state index in [0.29, 0.717) is 0 Å². The van der Waals surface area contributed by atoms with Crippen LogP contribution >= 0.6 is 0 Å². The molecule has 2 aliphatic heterocycles. The molecule has 7 nitrogen and oxygen atoms in total. The second-order valence-electron chi connectivity index (χ2n) is 7.42. The maximum Gasteiger partial charge on any atom is 0.322 e. The molecule has 0 atom stereocenters. The number of amides is 2. The van der Waals surface area contributed by atoms with Crippen LogP contribution in [0.25, 0.3) is 0 Å². The number of primary amides is 1. The van der Waals surface area contributed by atoms with E-state index in [9.17, 15) is 9.59 Å². The zero-order chi connectivity index (χ0) is 19.6. The number of hydrogen-bond donors (Lipinski definition) is 3. The van der Waals surface area contributed by atoms with E-state index < -0.39 is 5.97 Å². The van der Waals surface area contributed by atoms with Crippen molar-refractivity contribution in [3.8, 4) is 0 Å². The summed E-state index contributed by atoms with van der Waals surface area (Å²) in [6.45, 7) is 4.17. The largest absolute Gasteiger partial charge is 0.480 e. The molecular formula is C20H32N4O3. The van der Waals surface area contributed by atoms with E-state index in [1.165, 1.54) is 25.9 Å². The Bertz CT molecular complexity index is 580. The Morgan fingerprint density at radius 3 is 2.04 bits per heavy atom. The summed E-state index contributed by atoms with van der Waals surface area (Å²) in [6, 6.07) is 8.98. The summed E-state index contributed by atoms with van der Waals surface area (Å²) >= 11 is 0. The van der Waals surface area contributed by atoms with Gasteiger partial charge in [0, 0.05) is 18.8 Å². The second-order valence-corrected chi connectivity index (χ2v) is 7.42. The molecule has 0 unspecified atom stereocenters. The molecule has 0 aromatic heterocycles. The van der Waals surface area contributed by atoms with Crippen LogP contribution in [0.3, 0.4) is 0 Å². The van der Waals surface area contributed by atoms with Gasteiger partial charge in [-0.2, -0.15) is 0 Å². The van der Waals surface area contributed by atoms with Gasteiger partial charge in [-0.25, -0.2) is 4.79 Å². The van der Waals surface area contributed by atoms with Gasteiger partial charge in [-0.05, 0) is 69.8 Å². The molecule has 0 bridgehead atoms. The number of carbonyl (C=O) groups excluding carboxylic acids is 1. The van der Waals surface area contributed by atoms with Crippen molar-refractivity contribution >= 4 is 17.7 Å². The van der Waals surface area contributed by atoms with Crippen LogP contribution in [-0.4, -0.2) is 66.7 Å². The number of rotatable bonds is 4. The average Bonchev–Trinajstić information content (AvgIpc) is 2.68. The molecular weight excluding hydrogens is 344 g/mol. The van der Waals surface area contributed by atoms with E-state index in [2.05, 4.69) is 17.3 Å². The highest BCUT2D eigenvalue weighted by atomic mass is 16.4. The average molecular weight is 377 g/mol. The molecule has 0 saturated carbocycles. The second kappa shape index (κ2) is 10.8. The maximum atomic E-state index is 11.0. The quantitative estimate of drug-likeness (QED) is 0.749. The van der Waals surface area contributed by atoms with Crippen molar-refractivity contribution in [2.45, 2.75) is 25.7 Å². The van der Waals surface area contributed by atoms with E-state index in [0.717, 1.165) is 43.5 Å². The van der Waals surface area contributed by atoms with Crippen molar-refractivity contribution in [3.63, 3.8) is 0 Å². The highest BCUT2D eigenvalue weighted by Crippen LogP contribution is 2.31. The van der Waals surface area contributed by atoms with E-state index >= 15 is 0 Å². The van der Waals surface area contributed by atoms with Gasteiger partial charge < -0.3 is 26.0 Å². The lowest BCUT2D eigenvalue weighted by Gasteiger charge is -2.38. The zero-order valence-electron chi connectivity index (χ0n) is 16.1. The monoisotopic (exact) mass is 376 g/mol. The number of anilines is 1. The number of carbonyl (C=O) groups is 2. The van der Waals surface area contributed by atoms with Crippen molar-refractivity contribution in [1.29, 1.82) is 0 Å². The van der Waals surface area contributed by atoms with Gasteiger partial charge in [0.25, 0.3) is 0 Å². The summed E-state index contributed by atoms with van der Waals surface area (Å²) in [5, 5.41) is 11.1. The van der Waals surface area contributed by atoms with Gasteiger partial charge >= 0.3 is 12.0 Å². The number of para-hydroxylation sites is 1. The van der Waals surface area contributed by atoms with Crippen molar-refractivity contribution in [3.05, 3.63) is 30.3 Å². The van der Waals surface area contributed by atoms with E-state index in [-0.39, 0.29) is 12.6 Å². The van der Waals surface area contributed by atoms with Gasteiger partial charge in [0.2, 0.25) is 0 Å². The smallest absolute Gasteiger partial charge is 0.322 e. The molecule has 2 heterocycles. The number of nitrogens with two attached hydrogens (primary N) is 1. The molecule has 1 aromatic carbocycles. The molecule has 2 saturated heterocycles. The predicted molar refractivity (Wildman–Crippen MR) is 107 cm³/mol. The van der Waals surface area contributed by atoms with E-state index in [1.807, 2.05) is 30.3 Å². The van der Waals surface area contributed by atoms with Crippen molar-refractivity contribution in [2.24, 2.45) is 17.6 Å². The van der Waals surface area contributed by atoms with Gasteiger partial charge in [-0.15, -0.1) is 0 Å². The molecule has 2 aliphatic rings. The number of urea groups is 1. The highest BCUT2D eigenvalue weighted by molar-refractivity contribution is 5.72. The zero-order valence-corrected chi connectivity index (χ0v) is 16.1. The summed E-state index contributed by atoms with van der Waals surface area (Å²) < 4.78 is 0. The molecule has 7 heteroatoms. The molecule has 27 heavy (non-hydrogen) atoms. The van der Waals surface area contributed by atoms with Crippen LogP contribution < -0.4 is 11.1 Å². The van der Waals surface area contributed by atoms with Crippen LogP contribution in [0.5, 0.6) is 0 Å². The Kier molecular flexibility index (Phi) is 8.39. The minimum Gasteiger partial charge on any atom is -0.480 e. The summed E-state index contributed by atoms with van der Waals surface area (Å²) in [5.74, 6) is 0.851. The van der Waals surface area contributed by atoms with Crippen LogP contribution in [0.4, 0.5) is 10.5 Å². The number of carboxylic acid groups (broad SMARTS) is 1. The minimum atomic E-state index is -0.853. The van der Waals surface area contributed by atoms with Crippen LogP contribution in [0.1, 0.15) is 25.7 Å². The molecule has 4 N–H and O–H groups in total. The summed E-state index contributed by atoms with van der Waals surface area (Å²) in [5.41, 5.74) is 6.12. The molecule has 150 valence electrons. The van der Waals surface area contributed by atoms with E-state index in [1.54, 1.807) is 4.90 Å². The maximum absolute atomic E-state index is 11.0. The third-order valence-corrected chi connectivity index (χ3v) is 5.50. The first kappa shape index (κ1) is 21.0. The number of piperidine rings is 2. The number of likely N-dealkylation sites (tertiary alicyclic amines) is 2. The van der Waals surface area contributed by atoms with Crippen LogP contribution in [0, 0.1) is 11.8 Å². The Labute approximate surface area is 161 Å². The number of nitrogens with one attached hydrogen (secondary N) is 1. The third-order valence-electron chi connectivity index (χ3n) is 5.50. The Morgan fingerprint density at radius 1 is 1.04 bits per heavy atom. The van der Waals surface area contributed by atoms with Crippen molar-refractivity contribution < 1.29 is 14.7 Å². The number of benzene rings is 1. The third kappa shape index (κ3) is 7.46. The van der Waals surface area contributed by atoms with E-state index in [4.69, 9.17) is 10.8 Å². The fourth-order valence-corrected chi connectivity index (χ4v) is 3.82. The lowest BCUT2D eigenvalue weighted by atomic mass is 9.79. The SMILES string of the molecule is CN1CCC(C2CCN(C(N)=O)CC2)CC1.O=C(O)CNc1ccccc1. The molecule has 0 spiro atoms. The number of aliphatic carboxylic acids is 1.